The van der Waals surface area contributed by atoms with Crippen molar-refractivity contribution in [3.05, 3.63) is 58.6 Å². The van der Waals surface area contributed by atoms with Gasteiger partial charge in [-0.05, 0) is 31.2 Å². The second-order valence-electron chi connectivity index (χ2n) is 5.16. The molecule has 0 aromatic heterocycles. The average Bonchev–Trinajstić information content (AvgIpc) is 2.54. The van der Waals surface area contributed by atoms with Crippen LogP contribution in [0.3, 0.4) is 0 Å². The molecular weight excluding hydrogens is 314 g/mol. The van der Waals surface area contributed by atoms with Crippen molar-refractivity contribution in [2.24, 2.45) is 0 Å². The minimum absolute atomic E-state index is 0.107. The predicted molar refractivity (Wildman–Crippen MR) is 91.3 cm³/mol. The highest BCUT2D eigenvalue weighted by atomic mass is 35.5. The molecule has 122 valence electrons. The Kier molecular flexibility index (Phi) is 5.88. The number of benzene rings is 2. The van der Waals surface area contributed by atoms with E-state index >= 15 is 0 Å². The summed E-state index contributed by atoms with van der Waals surface area (Å²) in [5.74, 6) is 1.29. The highest BCUT2D eigenvalue weighted by Crippen LogP contribution is 2.26. The van der Waals surface area contributed by atoms with Crippen LogP contribution < -0.4 is 14.8 Å². The summed E-state index contributed by atoms with van der Waals surface area (Å²) in [7, 11) is 3.19. The van der Waals surface area contributed by atoms with E-state index < -0.39 is 0 Å². The average molecular weight is 334 g/mol. The van der Waals surface area contributed by atoms with Crippen LogP contribution in [0.15, 0.2) is 42.5 Å². The number of halogens is 1. The molecule has 1 N–H and O–H groups in total. The molecule has 23 heavy (non-hydrogen) atoms. The highest BCUT2D eigenvalue weighted by molar-refractivity contribution is 6.30. The van der Waals surface area contributed by atoms with Gasteiger partial charge in [0.1, 0.15) is 11.5 Å². The molecule has 1 atom stereocenters. The molecule has 0 aliphatic carbocycles. The molecule has 0 aliphatic heterocycles. The van der Waals surface area contributed by atoms with Crippen LogP contribution in [0.25, 0.3) is 0 Å². The number of ether oxygens (including phenoxy) is 2. The number of rotatable bonds is 6. The Morgan fingerprint density at radius 2 is 1.83 bits per heavy atom. The first-order chi connectivity index (χ1) is 11.0. The summed E-state index contributed by atoms with van der Waals surface area (Å²) >= 11 is 5.99. The molecule has 0 radical (unpaired) electrons. The number of amides is 1. The minimum atomic E-state index is -0.163. The first kappa shape index (κ1) is 17.2. The molecule has 0 saturated carbocycles. The maximum Gasteiger partial charge on any atom is 0.225 e. The van der Waals surface area contributed by atoms with Crippen molar-refractivity contribution < 1.29 is 14.3 Å². The van der Waals surface area contributed by atoms with Crippen LogP contribution in [0.5, 0.6) is 11.5 Å². The van der Waals surface area contributed by atoms with E-state index in [0.29, 0.717) is 10.8 Å². The SMILES string of the molecule is COc1ccc(Cl)cc1CC(=O)NC(C)c1ccccc1OC. The fraction of sp³-hybridized carbons (Fsp3) is 0.278. The van der Waals surface area contributed by atoms with Gasteiger partial charge in [0.15, 0.2) is 0 Å². The minimum Gasteiger partial charge on any atom is -0.496 e. The third-order valence-corrected chi connectivity index (χ3v) is 3.81. The van der Waals surface area contributed by atoms with Gasteiger partial charge in [0.2, 0.25) is 5.91 Å². The predicted octanol–water partition coefficient (Wildman–Crippen LogP) is 3.78. The molecule has 0 spiro atoms. The second kappa shape index (κ2) is 7.88. The van der Waals surface area contributed by atoms with E-state index in [1.807, 2.05) is 31.2 Å². The zero-order chi connectivity index (χ0) is 16.8. The molecule has 0 heterocycles. The van der Waals surface area contributed by atoms with Crippen LogP contribution in [0, 0.1) is 0 Å². The van der Waals surface area contributed by atoms with Gasteiger partial charge in [-0.25, -0.2) is 0 Å². The molecule has 0 bridgehead atoms. The van der Waals surface area contributed by atoms with E-state index in [1.165, 1.54) is 0 Å². The quantitative estimate of drug-likeness (QED) is 0.875. The Hall–Kier alpha value is -2.20. The van der Waals surface area contributed by atoms with Gasteiger partial charge >= 0.3 is 0 Å². The van der Waals surface area contributed by atoms with Crippen molar-refractivity contribution >= 4 is 17.5 Å². The zero-order valence-electron chi connectivity index (χ0n) is 13.4. The summed E-state index contributed by atoms with van der Waals surface area (Å²) in [5.41, 5.74) is 1.69. The summed E-state index contributed by atoms with van der Waals surface area (Å²) in [5, 5.41) is 3.55. The number of hydrogen-bond donors (Lipinski definition) is 1. The van der Waals surface area contributed by atoms with Crippen molar-refractivity contribution in [1.82, 2.24) is 5.32 Å². The van der Waals surface area contributed by atoms with Gasteiger partial charge in [-0.3, -0.25) is 4.79 Å². The normalized spacial score (nSPS) is 11.7. The number of hydrogen-bond acceptors (Lipinski definition) is 3. The van der Waals surface area contributed by atoms with Crippen LogP contribution in [0.2, 0.25) is 5.02 Å². The van der Waals surface area contributed by atoms with Gasteiger partial charge in [0.05, 0.1) is 26.7 Å². The maximum absolute atomic E-state index is 12.3. The molecular formula is C18H20ClNO3. The monoisotopic (exact) mass is 333 g/mol. The molecule has 2 aromatic carbocycles. The number of nitrogens with one attached hydrogen (secondary N) is 1. The van der Waals surface area contributed by atoms with Crippen LogP contribution in [0.1, 0.15) is 24.1 Å². The highest BCUT2D eigenvalue weighted by Gasteiger charge is 2.15. The van der Waals surface area contributed by atoms with Crippen molar-refractivity contribution in [2.45, 2.75) is 19.4 Å². The lowest BCUT2D eigenvalue weighted by Gasteiger charge is -2.17. The first-order valence-corrected chi connectivity index (χ1v) is 7.67. The Labute approximate surface area is 141 Å². The summed E-state index contributed by atoms with van der Waals surface area (Å²) in [6, 6.07) is 12.7. The lowest BCUT2D eigenvalue weighted by molar-refractivity contribution is -0.121. The largest absolute Gasteiger partial charge is 0.496 e. The maximum atomic E-state index is 12.3. The molecule has 1 unspecified atom stereocenters. The Morgan fingerprint density at radius 3 is 2.52 bits per heavy atom. The molecule has 4 nitrogen and oxygen atoms in total. The molecule has 2 aromatic rings. The van der Waals surface area contributed by atoms with E-state index in [2.05, 4.69) is 5.32 Å². The third kappa shape index (κ3) is 4.39. The van der Waals surface area contributed by atoms with Crippen molar-refractivity contribution in [3.63, 3.8) is 0 Å². The second-order valence-corrected chi connectivity index (χ2v) is 5.60. The van der Waals surface area contributed by atoms with Gasteiger partial charge in [-0.2, -0.15) is 0 Å². The van der Waals surface area contributed by atoms with E-state index in [0.717, 1.165) is 16.9 Å². The van der Waals surface area contributed by atoms with E-state index in [1.54, 1.807) is 32.4 Å². The van der Waals surface area contributed by atoms with Gasteiger partial charge in [-0.15, -0.1) is 0 Å². The van der Waals surface area contributed by atoms with E-state index in [4.69, 9.17) is 21.1 Å². The summed E-state index contributed by atoms with van der Waals surface area (Å²) in [6.07, 6.45) is 0.198. The number of para-hydroxylation sites is 1. The standard InChI is InChI=1S/C18H20ClNO3/c1-12(15-6-4-5-7-17(15)23-3)20-18(21)11-13-10-14(19)8-9-16(13)22-2/h4-10,12H,11H2,1-3H3,(H,20,21). The molecule has 5 heteroatoms. The van der Waals surface area contributed by atoms with Crippen molar-refractivity contribution in [1.29, 1.82) is 0 Å². The molecule has 2 rings (SSSR count). The van der Waals surface area contributed by atoms with Crippen LogP contribution in [0.4, 0.5) is 0 Å². The molecule has 1 amide bonds. The molecule has 0 aliphatic rings. The van der Waals surface area contributed by atoms with Gasteiger partial charge in [-0.1, -0.05) is 29.8 Å². The molecule has 0 saturated heterocycles. The Morgan fingerprint density at radius 1 is 1.13 bits per heavy atom. The smallest absolute Gasteiger partial charge is 0.225 e. The number of carbonyl (C=O) groups excluding carboxylic acids is 1. The third-order valence-electron chi connectivity index (χ3n) is 3.58. The number of carbonyl (C=O) groups is 1. The van der Waals surface area contributed by atoms with Crippen molar-refractivity contribution in [3.8, 4) is 11.5 Å². The van der Waals surface area contributed by atoms with E-state index in [-0.39, 0.29) is 18.4 Å². The zero-order valence-corrected chi connectivity index (χ0v) is 14.2. The summed E-state index contributed by atoms with van der Waals surface area (Å²) in [6.45, 7) is 1.92. The van der Waals surface area contributed by atoms with Crippen LogP contribution >= 0.6 is 11.6 Å². The van der Waals surface area contributed by atoms with Crippen molar-refractivity contribution in [2.75, 3.05) is 14.2 Å². The topological polar surface area (TPSA) is 47.6 Å². The van der Waals surface area contributed by atoms with E-state index in [9.17, 15) is 4.79 Å². The fourth-order valence-corrected chi connectivity index (χ4v) is 2.65. The van der Waals surface area contributed by atoms with Crippen LogP contribution in [-0.2, 0) is 11.2 Å². The Balaban J connectivity index is 2.09. The fourth-order valence-electron chi connectivity index (χ4n) is 2.45. The van der Waals surface area contributed by atoms with Gasteiger partial charge < -0.3 is 14.8 Å². The van der Waals surface area contributed by atoms with Gasteiger partial charge in [0.25, 0.3) is 0 Å². The lowest BCUT2D eigenvalue weighted by Crippen LogP contribution is -2.28. The van der Waals surface area contributed by atoms with Crippen LogP contribution in [-0.4, -0.2) is 20.1 Å². The first-order valence-electron chi connectivity index (χ1n) is 7.30. The van der Waals surface area contributed by atoms with Gasteiger partial charge in [0, 0.05) is 16.1 Å². The molecule has 0 fully saturated rings. The Bertz CT molecular complexity index is 688. The summed E-state index contributed by atoms with van der Waals surface area (Å²) in [4.78, 5) is 12.3. The lowest BCUT2D eigenvalue weighted by atomic mass is 10.1. The summed E-state index contributed by atoms with van der Waals surface area (Å²) < 4.78 is 10.6. The number of methoxy groups -OCH3 is 2.